The van der Waals surface area contributed by atoms with Crippen molar-refractivity contribution < 1.29 is 28.6 Å². The first-order chi connectivity index (χ1) is 27.5. The standard InChI is InChI=1S/C50H80O6/c1-4-7-10-13-16-19-22-25-26-29-31-34-37-40-43-49(52)55-46-47(56-50(53)44-41-38-35-32-28-24-21-18-15-12-9-6-3)45-54-48(51)42-39-36-33-30-27-23-20-17-14-11-8-5-2/h7-12,16-21,25-26,28,32,47H,4-6,13-15,22-24,27,29-31,33-46H2,1-3H3/b10-7-,11-8-,12-9-,19-16-,20-17-,21-18-,26-25-,32-28-. The van der Waals surface area contributed by atoms with Crippen LogP contribution in [0.15, 0.2) is 97.2 Å². The van der Waals surface area contributed by atoms with E-state index in [9.17, 15) is 14.4 Å². The molecule has 0 aromatic rings. The van der Waals surface area contributed by atoms with Crippen molar-refractivity contribution in [1.29, 1.82) is 0 Å². The predicted octanol–water partition coefficient (Wildman–Crippen LogP) is 14.2. The summed E-state index contributed by atoms with van der Waals surface area (Å²) in [6.07, 6.45) is 56.8. The van der Waals surface area contributed by atoms with Crippen molar-refractivity contribution in [3.8, 4) is 0 Å². The van der Waals surface area contributed by atoms with Crippen LogP contribution in [-0.2, 0) is 28.6 Å². The van der Waals surface area contributed by atoms with Gasteiger partial charge in [0.25, 0.3) is 0 Å². The third kappa shape index (κ3) is 41.5. The molecule has 0 aliphatic carbocycles. The Morgan fingerprint density at radius 3 is 1.04 bits per heavy atom. The van der Waals surface area contributed by atoms with E-state index in [-0.39, 0.29) is 37.5 Å². The zero-order valence-corrected chi connectivity index (χ0v) is 35.9. The number of rotatable bonds is 38. The van der Waals surface area contributed by atoms with E-state index in [0.29, 0.717) is 19.3 Å². The van der Waals surface area contributed by atoms with Crippen molar-refractivity contribution in [2.75, 3.05) is 13.2 Å². The van der Waals surface area contributed by atoms with Crippen LogP contribution in [-0.4, -0.2) is 37.2 Å². The van der Waals surface area contributed by atoms with Crippen LogP contribution in [0.1, 0.15) is 181 Å². The van der Waals surface area contributed by atoms with Gasteiger partial charge in [0.15, 0.2) is 6.10 Å². The van der Waals surface area contributed by atoms with Crippen LogP contribution < -0.4 is 0 Å². The molecule has 0 saturated heterocycles. The minimum atomic E-state index is -0.811. The average Bonchev–Trinajstić information content (AvgIpc) is 3.19. The quantitative estimate of drug-likeness (QED) is 0.0269. The zero-order valence-electron chi connectivity index (χ0n) is 35.9. The highest BCUT2D eigenvalue weighted by Crippen LogP contribution is 2.11. The Morgan fingerprint density at radius 1 is 0.357 bits per heavy atom. The first kappa shape index (κ1) is 52.3. The van der Waals surface area contributed by atoms with Crippen molar-refractivity contribution in [1.82, 2.24) is 0 Å². The highest BCUT2D eigenvalue weighted by atomic mass is 16.6. The molecule has 6 heteroatoms. The van der Waals surface area contributed by atoms with Crippen LogP contribution >= 0.6 is 0 Å². The van der Waals surface area contributed by atoms with Crippen molar-refractivity contribution >= 4 is 17.9 Å². The summed E-state index contributed by atoms with van der Waals surface area (Å²) in [7, 11) is 0. The van der Waals surface area contributed by atoms with Gasteiger partial charge in [0.2, 0.25) is 0 Å². The molecule has 0 aliphatic rings. The molecule has 0 heterocycles. The predicted molar refractivity (Wildman–Crippen MR) is 237 cm³/mol. The fourth-order valence-electron chi connectivity index (χ4n) is 5.56. The minimum absolute atomic E-state index is 0.110. The van der Waals surface area contributed by atoms with E-state index < -0.39 is 6.10 Å². The number of unbranched alkanes of at least 4 members (excludes halogenated alkanes) is 11. The summed E-state index contributed by atoms with van der Waals surface area (Å²) < 4.78 is 16.6. The van der Waals surface area contributed by atoms with Crippen LogP contribution in [0.2, 0.25) is 0 Å². The minimum Gasteiger partial charge on any atom is -0.462 e. The Kier molecular flexibility index (Phi) is 41.2. The van der Waals surface area contributed by atoms with E-state index in [2.05, 4.69) is 118 Å². The summed E-state index contributed by atoms with van der Waals surface area (Å²) in [5.74, 6) is -0.998. The summed E-state index contributed by atoms with van der Waals surface area (Å²) >= 11 is 0. The SMILES string of the molecule is CC/C=C\C/C=C\C/C=C\CCCCCCC(=O)OCC(COC(=O)CCCCCCC/C=C\C/C=C\CC)OC(=O)CCCC/C=C\C/C=C\C/C=C\CC. The lowest BCUT2D eigenvalue weighted by atomic mass is 10.1. The van der Waals surface area contributed by atoms with Crippen LogP contribution in [0.5, 0.6) is 0 Å². The second-order valence-electron chi connectivity index (χ2n) is 14.2. The zero-order chi connectivity index (χ0) is 40.8. The van der Waals surface area contributed by atoms with Gasteiger partial charge in [-0.3, -0.25) is 14.4 Å². The Bertz CT molecular complexity index is 1170. The second kappa shape index (κ2) is 44.0. The number of carbonyl (C=O) groups is 3. The molecule has 0 fully saturated rings. The molecule has 1 unspecified atom stereocenters. The molecule has 0 aromatic carbocycles. The molecule has 0 rings (SSSR count). The van der Waals surface area contributed by atoms with E-state index >= 15 is 0 Å². The summed E-state index contributed by atoms with van der Waals surface area (Å²) in [4.78, 5) is 37.7. The molecule has 6 nitrogen and oxygen atoms in total. The van der Waals surface area contributed by atoms with Gasteiger partial charge in [-0.15, -0.1) is 0 Å². The number of ether oxygens (including phenoxy) is 3. The molecule has 0 aromatic heterocycles. The van der Waals surface area contributed by atoms with Crippen molar-refractivity contribution in [2.24, 2.45) is 0 Å². The average molecular weight is 777 g/mol. The maximum Gasteiger partial charge on any atom is 0.306 e. The second-order valence-corrected chi connectivity index (χ2v) is 14.2. The highest BCUT2D eigenvalue weighted by Gasteiger charge is 2.19. The van der Waals surface area contributed by atoms with Gasteiger partial charge in [0.05, 0.1) is 0 Å². The smallest absolute Gasteiger partial charge is 0.306 e. The third-order valence-corrected chi connectivity index (χ3v) is 8.81. The molecule has 0 bridgehead atoms. The molecule has 0 spiro atoms. The molecule has 316 valence electrons. The van der Waals surface area contributed by atoms with Crippen LogP contribution in [0, 0.1) is 0 Å². The maximum atomic E-state index is 12.7. The van der Waals surface area contributed by atoms with E-state index in [1.165, 1.54) is 0 Å². The van der Waals surface area contributed by atoms with Gasteiger partial charge in [-0.25, -0.2) is 0 Å². The Balaban J connectivity index is 4.51. The molecule has 1 atom stereocenters. The normalized spacial score (nSPS) is 13.0. The molecular weight excluding hydrogens is 697 g/mol. The van der Waals surface area contributed by atoms with Gasteiger partial charge in [0.1, 0.15) is 13.2 Å². The topological polar surface area (TPSA) is 78.9 Å². The lowest BCUT2D eigenvalue weighted by Crippen LogP contribution is -2.30. The largest absolute Gasteiger partial charge is 0.462 e. The highest BCUT2D eigenvalue weighted by molar-refractivity contribution is 5.71. The molecule has 0 saturated carbocycles. The summed E-state index contributed by atoms with van der Waals surface area (Å²) in [5, 5.41) is 0. The molecular formula is C50H80O6. The van der Waals surface area contributed by atoms with E-state index in [4.69, 9.17) is 14.2 Å². The summed E-state index contributed by atoms with van der Waals surface area (Å²) in [6.45, 7) is 6.20. The lowest BCUT2D eigenvalue weighted by Gasteiger charge is -2.18. The lowest BCUT2D eigenvalue weighted by molar-refractivity contribution is -0.167. The number of hydrogen-bond donors (Lipinski definition) is 0. The van der Waals surface area contributed by atoms with E-state index in [0.717, 1.165) is 135 Å². The van der Waals surface area contributed by atoms with Crippen LogP contribution in [0.25, 0.3) is 0 Å². The Labute approximate surface area is 343 Å². The van der Waals surface area contributed by atoms with Crippen molar-refractivity contribution in [2.45, 2.75) is 187 Å². The first-order valence-electron chi connectivity index (χ1n) is 22.2. The Hall–Kier alpha value is -3.67. The van der Waals surface area contributed by atoms with Gasteiger partial charge in [0, 0.05) is 19.3 Å². The molecule has 0 radical (unpaired) electrons. The van der Waals surface area contributed by atoms with Crippen LogP contribution in [0.3, 0.4) is 0 Å². The number of esters is 3. The summed E-state index contributed by atoms with van der Waals surface area (Å²) in [5.41, 5.74) is 0. The molecule has 56 heavy (non-hydrogen) atoms. The Morgan fingerprint density at radius 2 is 0.643 bits per heavy atom. The molecule has 0 amide bonds. The fourth-order valence-corrected chi connectivity index (χ4v) is 5.56. The maximum absolute atomic E-state index is 12.7. The fraction of sp³-hybridized carbons (Fsp3) is 0.620. The van der Waals surface area contributed by atoms with Gasteiger partial charge < -0.3 is 14.2 Å². The van der Waals surface area contributed by atoms with Gasteiger partial charge >= 0.3 is 17.9 Å². The molecule has 0 aliphatic heterocycles. The number of hydrogen-bond acceptors (Lipinski definition) is 6. The van der Waals surface area contributed by atoms with Gasteiger partial charge in [-0.2, -0.15) is 0 Å². The summed E-state index contributed by atoms with van der Waals surface area (Å²) in [6, 6.07) is 0. The first-order valence-corrected chi connectivity index (χ1v) is 22.2. The number of carbonyl (C=O) groups excluding carboxylic acids is 3. The van der Waals surface area contributed by atoms with Crippen LogP contribution in [0.4, 0.5) is 0 Å². The van der Waals surface area contributed by atoms with E-state index in [1.54, 1.807) is 0 Å². The van der Waals surface area contributed by atoms with E-state index in [1.807, 2.05) is 0 Å². The monoisotopic (exact) mass is 777 g/mol. The van der Waals surface area contributed by atoms with Gasteiger partial charge in [-0.1, -0.05) is 150 Å². The molecule has 0 N–H and O–H groups in total. The van der Waals surface area contributed by atoms with Crippen molar-refractivity contribution in [3.05, 3.63) is 97.2 Å². The van der Waals surface area contributed by atoms with Gasteiger partial charge in [-0.05, 0) is 109 Å². The number of allylic oxidation sites excluding steroid dienone is 16. The van der Waals surface area contributed by atoms with Crippen molar-refractivity contribution in [3.63, 3.8) is 0 Å². The third-order valence-electron chi connectivity index (χ3n) is 8.81.